The Morgan fingerprint density at radius 2 is 2.10 bits per heavy atom. The summed E-state index contributed by atoms with van der Waals surface area (Å²) in [5.41, 5.74) is 0.590. The summed E-state index contributed by atoms with van der Waals surface area (Å²) in [6.07, 6.45) is 1.06. The van der Waals surface area contributed by atoms with Crippen LogP contribution < -0.4 is 4.74 Å². The first-order valence-corrected chi connectivity index (χ1v) is 7.93. The number of nitrogens with zero attached hydrogens (tertiary/aromatic N) is 2. The van der Waals surface area contributed by atoms with E-state index in [-0.39, 0.29) is 0 Å². The number of hydrogen-bond donors (Lipinski definition) is 0. The Morgan fingerprint density at radius 1 is 1.29 bits per heavy atom. The second-order valence-electron chi connectivity index (χ2n) is 5.07. The van der Waals surface area contributed by atoms with Crippen molar-refractivity contribution in [1.82, 2.24) is 4.90 Å². The van der Waals surface area contributed by atoms with Crippen LogP contribution in [-0.2, 0) is 6.42 Å². The highest BCUT2D eigenvalue weighted by atomic mass is 32.1. The largest absolute Gasteiger partial charge is 0.491 e. The van der Waals surface area contributed by atoms with E-state index in [4.69, 9.17) is 10.00 Å². The molecule has 0 aliphatic rings. The topological polar surface area (TPSA) is 36.3 Å². The van der Waals surface area contributed by atoms with Crippen molar-refractivity contribution in [3.8, 4) is 11.8 Å². The predicted molar refractivity (Wildman–Crippen MR) is 86.8 cm³/mol. The number of rotatable bonds is 7. The van der Waals surface area contributed by atoms with Crippen LogP contribution in [-0.4, -0.2) is 31.1 Å². The Morgan fingerprint density at radius 3 is 2.81 bits per heavy atom. The van der Waals surface area contributed by atoms with Gasteiger partial charge < -0.3 is 4.74 Å². The van der Waals surface area contributed by atoms with Gasteiger partial charge >= 0.3 is 0 Å². The average molecular weight is 300 g/mol. The van der Waals surface area contributed by atoms with E-state index in [9.17, 15) is 0 Å². The summed E-state index contributed by atoms with van der Waals surface area (Å²) in [5.74, 6) is 0.666. The zero-order chi connectivity index (χ0) is 15.1. The fourth-order valence-electron chi connectivity index (χ4n) is 2.08. The van der Waals surface area contributed by atoms with Crippen molar-refractivity contribution < 1.29 is 4.74 Å². The summed E-state index contributed by atoms with van der Waals surface area (Å²) < 4.78 is 5.72. The first-order valence-electron chi connectivity index (χ1n) is 7.05. The van der Waals surface area contributed by atoms with Gasteiger partial charge in [-0.25, -0.2) is 0 Å². The first kappa shape index (κ1) is 15.6. The fraction of sp³-hybridized carbons (Fsp3) is 0.353. The molecular weight excluding hydrogens is 280 g/mol. The maximum Gasteiger partial charge on any atom is 0.137 e. The minimum Gasteiger partial charge on any atom is -0.491 e. The molecule has 0 amide bonds. The quantitative estimate of drug-likeness (QED) is 0.784. The molecule has 3 nitrogen and oxygen atoms in total. The molecule has 0 aliphatic heterocycles. The molecule has 110 valence electrons. The Hall–Kier alpha value is -1.83. The van der Waals surface area contributed by atoms with Crippen molar-refractivity contribution in [1.29, 1.82) is 5.26 Å². The number of thiophene rings is 1. The van der Waals surface area contributed by atoms with Crippen molar-refractivity contribution in [3.05, 3.63) is 52.2 Å². The van der Waals surface area contributed by atoms with Crippen LogP contribution in [0.4, 0.5) is 0 Å². The van der Waals surface area contributed by atoms with Crippen LogP contribution in [0.5, 0.6) is 5.75 Å². The number of benzene rings is 1. The highest BCUT2D eigenvalue weighted by Gasteiger charge is 2.11. The van der Waals surface area contributed by atoms with E-state index in [2.05, 4.69) is 42.5 Å². The van der Waals surface area contributed by atoms with E-state index in [0.717, 1.165) is 13.0 Å². The van der Waals surface area contributed by atoms with Gasteiger partial charge in [0.15, 0.2) is 0 Å². The SMILES string of the molecule is CC(Cc1cccs1)N(C)CCOc1ccccc1C#N. The van der Waals surface area contributed by atoms with E-state index in [1.54, 1.807) is 17.4 Å². The fourth-order valence-corrected chi connectivity index (χ4v) is 2.91. The maximum absolute atomic E-state index is 9.02. The Labute approximate surface area is 130 Å². The second-order valence-corrected chi connectivity index (χ2v) is 6.10. The molecule has 0 fully saturated rings. The molecule has 1 aromatic carbocycles. The first-order chi connectivity index (χ1) is 10.2. The molecular formula is C17H20N2OS. The van der Waals surface area contributed by atoms with Crippen LogP contribution in [0.25, 0.3) is 0 Å². The van der Waals surface area contributed by atoms with Gasteiger partial charge in [0, 0.05) is 17.5 Å². The van der Waals surface area contributed by atoms with E-state index in [1.807, 2.05) is 18.2 Å². The Bertz CT molecular complexity index is 589. The van der Waals surface area contributed by atoms with Crippen molar-refractivity contribution in [2.45, 2.75) is 19.4 Å². The van der Waals surface area contributed by atoms with Gasteiger partial charge in [-0.3, -0.25) is 4.90 Å². The van der Waals surface area contributed by atoms with Gasteiger partial charge in [-0.1, -0.05) is 18.2 Å². The van der Waals surface area contributed by atoms with Crippen LogP contribution in [0.3, 0.4) is 0 Å². The van der Waals surface area contributed by atoms with Gasteiger partial charge in [0.2, 0.25) is 0 Å². The Kier molecular flexibility index (Phi) is 5.79. The van der Waals surface area contributed by atoms with E-state index in [1.165, 1.54) is 4.88 Å². The van der Waals surface area contributed by atoms with Gasteiger partial charge in [0.1, 0.15) is 18.4 Å². The molecule has 4 heteroatoms. The van der Waals surface area contributed by atoms with Crippen molar-refractivity contribution in [3.63, 3.8) is 0 Å². The molecule has 2 aromatic rings. The lowest BCUT2D eigenvalue weighted by Gasteiger charge is -2.24. The number of likely N-dealkylation sites (N-methyl/N-ethyl adjacent to an activating group) is 1. The van der Waals surface area contributed by atoms with Gasteiger partial charge in [0.25, 0.3) is 0 Å². The molecule has 21 heavy (non-hydrogen) atoms. The van der Waals surface area contributed by atoms with E-state index in [0.29, 0.717) is 24.0 Å². The number of hydrogen-bond acceptors (Lipinski definition) is 4. The molecule has 2 rings (SSSR count). The number of para-hydroxylation sites is 1. The lowest BCUT2D eigenvalue weighted by Crippen LogP contribution is -2.34. The lowest BCUT2D eigenvalue weighted by atomic mass is 10.2. The van der Waals surface area contributed by atoms with Gasteiger partial charge in [-0.05, 0) is 44.0 Å². The summed E-state index contributed by atoms with van der Waals surface area (Å²) in [7, 11) is 2.11. The standard InChI is InChI=1S/C17H20N2OS/c1-14(12-16-7-5-11-21-16)19(2)9-10-20-17-8-4-3-6-15(17)13-18/h3-8,11,14H,9-10,12H2,1-2H3. The van der Waals surface area contributed by atoms with Crippen LogP contribution in [0, 0.1) is 11.3 Å². The zero-order valence-electron chi connectivity index (χ0n) is 12.5. The minimum absolute atomic E-state index is 0.471. The van der Waals surface area contributed by atoms with Crippen LogP contribution in [0.1, 0.15) is 17.4 Å². The molecule has 0 N–H and O–H groups in total. The molecule has 0 spiro atoms. The molecule has 1 heterocycles. The molecule has 1 atom stereocenters. The van der Waals surface area contributed by atoms with Crippen LogP contribution in [0.2, 0.25) is 0 Å². The summed E-state index contributed by atoms with van der Waals surface area (Å²) in [5, 5.41) is 11.1. The molecule has 0 aliphatic carbocycles. The lowest BCUT2D eigenvalue weighted by molar-refractivity contribution is 0.199. The van der Waals surface area contributed by atoms with Crippen molar-refractivity contribution in [2.24, 2.45) is 0 Å². The highest BCUT2D eigenvalue weighted by Crippen LogP contribution is 2.17. The highest BCUT2D eigenvalue weighted by molar-refractivity contribution is 7.09. The van der Waals surface area contributed by atoms with Crippen molar-refractivity contribution >= 4 is 11.3 Å². The van der Waals surface area contributed by atoms with Crippen molar-refractivity contribution in [2.75, 3.05) is 20.2 Å². The maximum atomic E-state index is 9.02. The molecule has 0 bridgehead atoms. The smallest absolute Gasteiger partial charge is 0.137 e. The Balaban J connectivity index is 1.78. The number of ether oxygens (including phenoxy) is 1. The third-order valence-corrected chi connectivity index (χ3v) is 4.44. The summed E-state index contributed by atoms with van der Waals surface area (Å²) in [6.45, 7) is 3.65. The molecule has 0 saturated heterocycles. The monoisotopic (exact) mass is 300 g/mol. The van der Waals surface area contributed by atoms with Gasteiger partial charge in [-0.2, -0.15) is 5.26 Å². The van der Waals surface area contributed by atoms with Gasteiger partial charge in [0.05, 0.1) is 5.56 Å². The summed E-state index contributed by atoms with van der Waals surface area (Å²) in [6, 6.07) is 14.2. The molecule has 0 radical (unpaired) electrons. The predicted octanol–water partition coefficient (Wildman–Crippen LogP) is 3.56. The van der Waals surface area contributed by atoms with Crippen LogP contribution >= 0.6 is 11.3 Å². The summed E-state index contributed by atoms with van der Waals surface area (Å²) >= 11 is 1.80. The van der Waals surface area contributed by atoms with Crippen LogP contribution in [0.15, 0.2) is 41.8 Å². The third-order valence-electron chi connectivity index (χ3n) is 3.54. The number of nitriles is 1. The normalized spacial score (nSPS) is 12.1. The van der Waals surface area contributed by atoms with Gasteiger partial charge in [-0.15, -0.1) is 11.3 Å². The molecule has 1 unspecified atom stereocenters. The summed E-state index contributed by atoms with van der Waals surface area (Å²) in [4.78, 5) is 3.69. The van der Waals surface area contributed by atoms with E-state index < -0.39 is 0 Å². The van der Waals surface area contributed by atoms with E-state index >= 15 is 0 Å². The second kappa shape index (κ2) is 7.82. The zero-order valence-corrected chi connectivity index (χ0v) is 13.3. The third kappa shape index (κ3) is 4.59. The minimum atomic E-state index is 0.471. The molecule has 0 saturated carbocycles. The molecule has 1 aromatic heterocycles. The average Bonchev–Trinajstić information content (AvgIpc) is 3.00.